The number of H-pyrrole nitrogens is 1. The van der Waals surface area contributed by atoms with Crippen molar-refractivity contribution in [3.05, 3.63) is 90.0 Å². The van der Waals surface area contributed by atoms with E-state index in [1.807, 2.05) is 74.5 Å². The molecular weight excluding hydrogens is 636 g/mol. The van der Waals surface area contributed by atoms with Crippen LogP contribution >= 0.6 is 0 Å². The number of ketones is 1. The summed E-state index contributed by atoms with van der Waals surface area (Å²) in [7, 11) is 0. The molecule has 12 heteroatoms. The van der Waals surface area contributed by atoms with Crippen LogP contribution in [0.5, 0.6) is 0 Å². The summed E-state index contributed by atoms with van der Waals surface area (Å²) in [6, 6.07) is 14.8. The van der Waals surface area contributed by atoms with Crippen LogP contribution in [0.4, 0.5) is 4.79 Å². The van der Waals surface area contributed by atoms with Crippen LogP contribution in [0.1, 0.15) is 69.2 Å². The van der Waals surface area contributed by atoms with Crippen molar-refractivity contribution in [3.63, 3.8) is 0 Å². The maximum absolute atomic E-state index is 14.6. The molecule has 1 aliphatic rings. The minimum atomic E-state index is -1.48. The fraction of sp³-hybridized carbons (Fsp3) is 0.500. The monoisotopic (exact) mass is 688 g/mol. The summed E-state index contributed by atoms with van der Waals surface area (Å²) in [5.41, 5.74) is 8.47. The molecule has 0 spiro atoms. The number of hydrogen-bond acceptors (Lipinski definition) is 8. The molecule has 1 fully saturated rings. The number of benzene rings is 2. The molecule has 0 radical (unpaired) electrons. The molecule has 2 aromatic carbocycles. The average Bonchev–Trinajstić information content (AvgIpc) is 3.65. The van der Waals surface area contributed by atoms with Gasteiger partial charge in [0.15, 0.2) is 5.78 Å². The number of carbonyl (C=O) groups is 4. The Kier molecular flexibility index (Phi) is 15.0. The number of alkyl carbamates (subject to hydrolysis) is 1. The van der Waals surface area contributed by atoms with Crippen molar-refractivity contribution in [1.29, 1.82) is 0 Å². The quantitative estimate of drug-likeness (QED) is 0.117. The third kappa shape index (κ3) is 12.1. The van der Waals surface area contributed by atoms with Crippen molar-refractivity contribution in [1.82, 2.24) is 25.9 Å². The lowest BCUT2D eigenvalue weighted by atomic mass is 9.76. The van der Waals surface area contributed by atoms with Gasteiger partial charge in [0.05, 0.1) is 18.5 Å². The fourth-order valence-corrected chi connectivity index (χ4v) is 6.37. The van der Waals surface area contributed by atoms with Crippen LogP contribution in [0, 0.1) is 17.8 Å². The Morgan fingerprint density at radius 2 is 1.56 bits per heavy atom. The predicted molar refractivity (Wildman–Crippen MR) is 189 cm³/mol. The van der Waals surface area contributed by atoms with Gasteiger partial charge in [0, 0.05) is 37.2 Å². The zero-order chi connectivity index (χ0) is 35.9. The molecule has 3 aromatic rings. The Hall–Kier alpha value is -4.55. The van der Waals surface area contributed by atoms with E-state index in [-0.39, 0.29) is 31.3 Å². The zero-order valence-electron chi connectivity index (χ0n) is 29.1. The molecule has 7 N–H and O–H groups in total. The first-order valence-corrected chi connectivity index (χ1v) is 17.6. The number of imidazole rings is 1. The van der Waals surface area contributed by atoms with Gasteiger partial charge in [-0.3, -0.25) is 14.4 Å². The Morgan fingerprint density at radius 1 is 0.900 bits per heavy atom. The number of nitrogens with one attached hydrogen (secondary N) is 4. The van der Waals surface area contributed by atoms with Crippen LogP contribution in [0.3, 0.4) is 0 Å². The number of rotatable bonds is 18. The van der Waals surface area contributed by atoms with Gasteiger partial charge in [-0.05, 0) is 29.4 Å². The van der Waals surface area contributed by atoms with Gasteiger partial charge in [-0.2, -0.15) is 0 Å². The summed E-state index contributed by atoms with van der Waals surface area (Å²) in [6.07, 6.45) is 6.22. The number of nitrogens with two attached hydrogens (primary N) is 1. The minimum absolute atomic E-state index is 0.0129. The van der Waals surface area contributed by atoms with Crippen molar-refractivity contribution >= 4 is 23.7 Å². The highest BCUT2D eigenvalue weighted by molar-refractivity contribution is 5.94. The van der Waals surface area contributed by atoms with Crippen molar-refractivity contribution < 1.29 is 29.0 Å². The van der Waals surface area contributed by atoms with Gasteiger partial charge in [0.25, 0.3) is 0 Å². The van der Waals surface area contributed by atoms with Gasteiger partial charge < -0.3 is 36.5 Å². The van der Waals surface area contributed by atoms with Crippen molar-refractivity contribution in [2.75, 3.05) is 6.54 Å². The molecule has 0 aliphatic heterocycles. The molecule has 5 atom stereocenters. The Labute approximate surface area is 294 Å². The van der Waals surface area contributed by atoms with Gasteiger partial charge in [-0.1, -0.05) is 107 Å². The van der Waals surface area contributed by atoms with E-state index in [1.54, 1.807) is 6.20 Å². The summed E-state index contributed by atoms with van der Waals surface area (Å²) in [5.74, 6) is -2.28. The van der Waals surface area contributed by atoms with Crippen molar-refractivity contribution in [3.8, 4) is 0 Å². The van der Waals surface area contributed by atoms with Crippen LogP contribution < -0.4 is 21.7 Å². The molecular formula is C38H52N6O6. The topological polar surface area (TPSA) is 189 Å². The maximum Gasteiger partial charge on any atom is 0.408 e. The molecule has 12 nitrogen and oxygen atoms in total. The van der Waals surface area contributed by atoms with Crippen LogP contribution in [-0.4, -0.2) is 69.5 Å². The number of amides is 3. The second kappa shape index (κ2) is 19.6. The molecule has 1 aliphatic carbocycles. The summed E-state index contributed by atoms with van der Waals surface area (Å²) in [5, 5.41) is 19.9. The lowest BCUT2D eigenvalue weighted by Gasteiger charge is -2.33. The number of aliphatic hydroxyl groups is 1. The molecule has 4 rings (SSSR count). The van der Waals surface area contributed by atoms with E-state index in [4.69, 9.17) is 10.5 Å². The molecule has 0 saturated heterocycles. The Bertz CT molecular complexity index is 1480. The van der Waals surface area contributed by atoms with E-state index >= 15 is 0 Å². The van der Waals surface area contributed by atoms with Gasteiger partial charge in [0.1, 0.15) is 18.7 Å². The molecule has 1 unspecified atom stereocenters. The second-order valence-corrected chi connectivity index (χ2v) is 13.7. The number of carbonyl (C=O) groups excluding carboxylic acids is 4. The van der Waals surface area contributed by atoms with Gasteiger partial charge in [-0.25, -0.2) is 9.78 Å². The number of hydrogen-bond donors (Lipinski definition) is 6. The largest absolute Gasteiger partial charge is 0.445 e. The molecule has 270 valence electrons. The van der Waals surface area contributed by atoms with E-state index in [0.717, 1.165) is 43.2 Å². The second-order valence-electron chi connectivity index (χ2n) is 13.7. The zero-order valence-corrected chi connectivity index (χ0v) is 29.1. The summed E-state index contributed by atoms with van der Waals surface area (Å²) in [6.45, 7) is 4.29. The van der Waals surface area contributed by atoms with Crippen LogP contribution in [0.2, 0.25) is 0 Å². The highest BCUT2D eigenvalue weighted by Crippen LogP contribution is 2.32. The molecule has 3 amide bonds. The molecule has 1 aromatic heterocycles. The number of Topliss-reactive ketones (excluding diaryl/α,β-unsaturated/α-hetero) is 1. The SMILES string of the molecule is CC(C)CNC(=O)C(N)[C@@H](O)[C@H](CC1CCCCC1)C(=O)[C@H](Cc1cnc[nH]1)NC(=O)[C@H](Cc1ccccc1)NC(=O)OCc1ccccc1. The van der Waals surface area contributed by atoms with Gasteiger partial charge in [0.2, 0.25) is 11.8 Å². The molecule has 1 saturated carbocycles. The number of aromatic amines is 1. The number of ether oxygens (including phenoxy) is 1. The normalized spacial score (nSPS) is 16.4. The summed E-state index contributed by atoms with van der Waals surface area (Å²) in [4.78, 5) is 61.6. The van der Waals surface area contributed by atoms with Gasteiger partial charge in [-0.15, -0.1) is 0 Å². The fourth-order valence-electron chi connectivity index (χ4n) is 6.37. The number of aromatic nitrogens is 2. The summed E-state index contributed by atoms with van der Waals surface area (Å²) >= 11 is 0. The lowest BCUT2D eigenvalue weighted by Crippen LogP contribution is -2.58. The third-order valence-corrected chi connectivity index (χ3v) is 9.19. The van der Waals surface area contributed by atoms with E-state index in [0.29, 0.717) is 18.7 Å². The van der Waals surface area contributed by atoms with E-state index in [2.05, 4.69) is 25.9 Å². The van der Waals surface area contributed by atoms with E-state index in [9.17, 15) is 24.3 Å². The Morgan fingerprint density at radius 3 is 2.18 bits per heavy atom. The molecule has 50 heavy (non-hydrogen) atoms. The van der Waals surface area contributed by atoms with Gasteiger partial charge >= 0.3 is 6.09 Å². The first-order valence-electron chi connectivity index (χ1n) is 17.6. The third-order valence-electron chi connectivity index (χ3n) is 9.19. The smallest absolute Gasteiger partial charge is 0.408 e. The maximum atomic E-state index is 14.6. The molecule has 1 heterocycles. The first kappa shape index (κ1) is 38.3. The van der Waals surface area contributed by atoms with Crippen LogP contribution in [0.25, 0.3) is 0 Å². The summed E-state index contributed by atoms with van der Waals surface area (Å²) < 4.78 is 5.43. The van der Waals surface area contributed by atoms with Crippen molar-refractivity contribution in [2.45, 2.75) is 96.1 Å². The van der Waals surface area contributed by atoms with Crippen molar-refractivity contribution in [2.24, 2.45) is 23.5 Å². The van der Waals surface area contributed by atoms with E-state index in [1.165, 1.54) is 6.33 Å². The number of aliphatic hydroxyl groups excluding tert-OH is 1. The minimum Gasteiger partial charge on any atom is -0.445 e. The predicted octanol–water partition coefficient (Wildman–Crippen LogP) is 3.59. The first-order chi connectivity index (χ1) is 24.1. The average molecular weight is 689 g/mol. The Balaban J connectivity index is 1.58. The van der Waals surface area contributed by atoms with Crippen LogP contribution in [0.15, 0.2) is 73.2 Å². The lowest BCUT2D eigenvalue weighted by molar-refractivity contribution is -0.136. The van der Waals surface area contributed by atoms with Crippen LogP contribution in [-0.2, 0) is 38.6 Å². The highest BCUT2D eigenvalue weighted by Gasteiger charge is 2.40. The molecule has 0 bridgehead atoms. The number of nitrogens with zero attached hydrogens (tertiary/aromatic N) is 1. The standard InChI is InChI=1S/C38H52N6O6/c1-25(2)21-41-37(48)33(39)35(46)30(18-26-12-6-3-7-13-26)34(45)31(20-29-22-40-24-42-29)43-36(47)32(19-27-14-8-4-9-15-27)44-38(49)50-23-28-16-10-5-11-17-28/h4-5,8-11,14-17,22,24-26,30-33,35,46H,3,6-7,12-13,18-21,23,39H2,1-2H3,(H,40,42)(H,41,48)(H,43,47)(H,44,49)/t30-,31+,32+,33?,35+/m1/s1. The highest BCUT2D eigenvalue weighted by atomic mass is 16.5. The van der Waals surface area contributed by atoms with E-state index < -0.39 is 53.8 Å².